The minimum atomic E-state index is -2.59. The van der Waals surface area contributed by atoms with E-state index in [2.05, 4.69) is 0 Å². The fraction of sp³-hybridized carbons (Fsp3) is 0.909. The summed E-state index contributed by atoms with van der Waals surface area (Å²) < 4.78 is 26.9. The lowest BCUT2D eigenvalue weighted by Gasteiger charge is -2.22. The first kappa shape index (κ1) is 12.1. The summed E-state index contributed by atoms with van der Waals surface area (Å²) in [5.74, 6) is -3.44. The molecule has 3 atom stereocenters. The maximum atomic E-state index is 13.4. The average Bonchev–Trinajstić information content (AvgIpc) is 2.78. The highest BCUT2D eigenvalue weighted by Gasteiger charge is 2.54. The molecule has 1 saturated heterocycles. The highest BCUT2D eigenvalue weighted by Crippen LogP contribution is 2.48. The van der Waals surface area contributed by atoms with Gasteiger partial charge in [0.15, 0.2) is 0 Å². The smallest absolute Gasteiger partial charge is 0.252 e. The van der Waals surface area contributed by atoms with Crippen LogP contribution in [0.25, 0.3) is 0 Å². The molecule has 0 unspecified atom stereocenters. The van der Waals surface area contributed by atoms with Crippen LogP contribution >= 0.6 is 11.6 Å². The zero-order valence-corrected chi connectivity index (χ0v) is 10.0. The van der Waals surface area contributed by atoms with Crippen LogP contribution in [0.2, 0.25) is 0 Å². The summed E-state index contributed by atoms with van der Waals surface area (Å²) >= 11 is 5.84. The van der Waals surface area contributed by atoms with Crippen LogP contribution in [0.15, 0.2) is 0 Å². The minimum Gasteiger partial charge on any atom is -0.341 e. The molecule has 2 nitrogen and oxygen atoms in total. The summed E-state index contributed by atoms with van der Waals surface area (Å²) in [6, 6.07) is 0. The summed E-state index contributed by atoms with van der Waals surface area (Å²) in [4.78, 5) is 13.3. The standard InChI is InChI=1S/C11H16ClF2NO/c1-2-9(12)10(16)15-5-7-3-4-11(13,14)8(7)6-15/h7-9H,2-6H2,1H3/t7-,8-,9+/m1/s1. The molecule has 1 amide bonds. The molecule has 0 aromatic rings. The van der Waals surface area contributed by atoms with Crippen molar-refractivity contribution in [3.63, 3.8) is 0 Å². The molecule has 0 aromatic heterocycles. The quantitative estimate of drug-likeness (QED) is 0.691. The third-order valence-electron chi connectivity index (χ3n) is 3.77. The molecule has 0 radical (unpaired) electrons. The Morgan fingerprint density at radius 3 is 2.81 bits per heavy atom. The van der Waals surface area contributed by atoms with Crippen LogP contribution in [0.5, 0.6) is 0 Å². The monoisotopic (exact) mass is 251 g/mol. The third-order valence-corrected chi connectivity index (χ3v) is 4.27. The van der Waals surface area contributed by atoms with Crippen molar-refractivity contribution in [2.45, 2.75) is 37.5 Å². The molecule has 0 bridgehead atoms. The van der Waals surface area contributed by atoms with Gasteiger partial charge in [0.1, 0.15) is 5.38 Å². The Morgan fingerprint density at radius 2 is 2.25 bits per heavy atom. The van der Waals surface area contributed by atoms with E-state index < -0.39 is 17.2 Å². The number of halogens is 3. The van der Waals surface area contributed by atoms with E-state index in [0.29, 0.717) is 19.4 Å². The molecule has 1 heterocycles. The Labute approximate surface area is 98.9 Å². The fourth-order valence-electron chi connectivity index (χ4n) is 2.76. The van der Waals surface area contributed by atoms with E-state index in [-0.39, 0.29) is 24.8 Å². The summed E-state index contributed by atoms with van der Waals surface area (Å²) in [7, 11) is 0. The Hall–Kier alpha value is -0.380. The lowest BCUT2D eigenvalue weighted by atomic mass is 9.99. The van der Waals surface area contributed by atoms with Crippen LogP contribution in [-0.2, 0) is 4.79 Å². The summed E-state index contributed by atoms with van der Waals surface area (Å²) in [5, 5.41) is -0.563. The Morgan fingerprint density at radius 1 is 1.56 bits per heavy atom. The highest BCUT2D eigenvalue weighted by atomic mass is 35.5. The van der Waals surface area contributed by atoms with Gasteiger partial charge in [0.2, 0.25) is 5.91 Å². The van der Waals surface area contributed by atoms with Crippen LogP contribution in [-0.4, -0.2) is 35.2 Å². The summed E-state index contributed by atoms with van der Waals surface area (Å²) in [5.41, 5.74) is 0. The maximum Gasteiger partial charge on any atom is 0.252 e. The van der Waals surface area contributed by atoms with Crippen molar-refractivity contribution in [1.82, 2.24) is 4.90 Å². The third kappa shape index (κ3) is 1.92. The molecule has 1 saturated carbocycles. The second kappa shape index (κ2) is 4.13. The first-order valence-electron chi connectivity index (χ1n) is 5.76. The van der Waals surface area contributed by atoms with Gasteiger partial charge in [-0.15, -0.1) is 11.6 Å². The Balaban J connectivity index is 2.01. The van der Waals surface area contributed by atoms with Crippen molar-refractivity contribution in [3.05, 3.63) is 0 Å². The first-order valence-corrected chi connectivity index (χ1v) is 6.20. The number of likely N-dealkylation sites (tertiary alicyclic amines) is 1. The number of alkyl halides is 3. The molecule has 2 rings (SSSR count). The van der Waals surface area contributed by atoms with Crippen molar-refractivity contribution in [1.29, 1.82) is 0 Å². The predicted octanol–water partition coefficient (Wildman–Crippen LogP) is 2.51. The minimum absolute atomic E-state index is 0.0254. The second-order valence-electron chi connectivity index (χ2n) is 4.79. The van der Waals surface area contributed by atoms with E-state index in [1.807, 2.05) is 6.92 Å². The first-order chi connectivity index (χ1) is 7.45. The molecule has 0 spiro atoms. The lowest BCUT2D eigenvalue weighted by Crippen LogP contribution is -2.37. The van der Waals surface area contributed by atoms with Crippen molar-refractivity contribution >= 4 is 17.5 Å². The van der Waals surface area contributed by atoms with Crippen molar-refractivity contribution in [3.8, 4) is 0 Å². The summed E-state index contributed by atoms with van der Waals surface area (Å²) in [6.45, 7) is 2.46. The van der Waals surface area contributed by atoms with E-state index in [9.17, 15) is 13.6 Å². The largest absolute Gasteiger partial charge is 0.341 e. The lowest BCUT2D eigenvalue weighted by molar-refractivity contribution is -0.130. The van der Waals surface area contributed by atoms with Gasteiger partial charge >= 0.3 is 0 Å². The molecule has 16 heavy (non-hydrogen) atoms. The van der Waals surface area contributed by atoms with E-state index in [0.717, 1.165) is 0 Å². The molecular formula is C11H16ClF2NO. The number of nitrogens with zero attached hydrogens (tertiary/aromatic N) is 1. The van der Waals surface area contributed by atoms with Gasteiger partial charge in [-0.05, 0) is 18.8 Å². The molecule has 2 aliphatic rings. The van der Waals surface area contributed by atoms with Gasteiger partial charge in [0.25, 0.3) is 5.92 Å². The average molecular weight is 252 g/mol. The second-order valence-corrected chi connectivity index (χ2v) is 5.31. The van der Waals surface area contributed by atoms with Gasteiger partial charge < -0.3 is 4.90 Å². The van der Waals surface area contributed by atoms with Crippen LogP contribution in [0.3, 0.4) is 0 Å². The fourth-order valence-corrected chi connectivity index (χ4v) is 2.90. The van der Waals surface area contributed by atoms with E-state index in [1.165, 1.54) is 4.90 Å². The summed E-state index contributed by atoms with van der Waals surface area (Å²) in [6.07, 6.45) is 1.05. The molecule has 92 valence electrons. The molecule has 1 aliphatic carbocycles. The van der Waals surface area contributed by atoms with Gasteiger partial charge in [-0.2, -0.15) is 0 Å². The number of rotatable bonds is 2. The van der Waals surface area contributed by atoms with Gasteiger partial charge in [-0.3, -0.25) is 4.79 Å². The van der Waals surface area contributed by atoms with Crippen LogP contribution in [0, 0.1) is 11.8 Å². The van der Waals surface area contributed by atoms with Crippen LogP contribution in [0.4, 0.5) is 8.78 Å². The van der Waals surface area contributed by atoms with Crippen LogP contribution in [0.1, 0.15) is 26.2 Å². The molecule has 2 fully saturated rings. The van der Waals surface area contributed by atoms with E-state index in [4.69, 9.17) is 11.6 Å². The van der Waals surface area contributed by atoms with Gasteiger partial charge in [-0.1, -0.05) is 6.92 Å². The maximum absolute atomic E-state index is 13.4. The number of fused-ring (bicyclic) bond motifs is 1. The predicted molar refractivity (Wildman–Crippen MR) is 57.7 cm³/mol. The number of hydrogen-bond donors (Lipinski definition) is 0. The topological polar surface area (TPSA) is 20.3 Å². The van der Waals surface area contributed by atoms with E-state index in [1.54, 1.807) is 0 Å². The number of hydrogen-bond acceptors (Lipinski definition) is 1. The number of carbonyl (C=O) groups excluding carboxylic acids is 1. The molecular weight excluding hydrogens is 236 g/mol. The molecule has 1 aliphatic heterocycles. The SMILES string of the molecule is CC[C@H](Cl)C(=O)N1C[C@H]2CCC(F)(F)[C@@H]2C1. The van der Waals surface area contributed by atoms with Gasteiger partial charge in [0, 0.05) is 25.4 Å². The molecule has 0 aromatic carbocycles. The zero-order chi connectivity index (χ0) is 11.9. The Kier molecular flexibility index (Phi) is 3.12. The van der Waals surface area contributed by atoms with Crippen molar-refractivity contribution < 1.29 is 13.6 Å². The van der Waals surface area contributed by atoms with Gasteiger partial charge in [0.05, 0.1) is 0 Å². The zero-order valence-electron chi connectivity index (χ0n) is 9.26. The van der Waals surface area contributed by atoms with Crippen LogP contribution < -0.4 is 0 Å². The number of carbonyl (C=O) groups is 1. The molecule has 5 heteroatoms. The van der Waals surface area contributed by atoms with E-state index >= 15 is 0 Å². The Bertz CT molecular complexity index is 298. The highest BCUT2D eigenvalue weighted by molar-refractivity contribution is 6.30. The normalized spacial score (nSPS) is 33.9. The van der Waals surface area contributed by atoms with Gasteiger partial charge in [-0.25, -0.2) is 8.78 Å². The molecule has 0 N–H and O–H groups in total. The number of amides is 1. The van der Waals surface area contributed by atoms with Crippen molar-refractivity contribution in [2.75, 3.05) is 13.1 Å². The van der Waals surface area contributed by atoms with Crippen molar-refractivity contribution in [2.24, 2.45) is 11.8 Å².